The third kappa shape index (κ3) is 3.61. The van der Waals surface area contributed by atoms with Crippen LogP contribution in [0.15, 0.2) is 18.2 Å². The van der Waals surface area contributed by atoms with E-state index >= 15 is 0 Å². The summed E-state index contributed by atoms with van der Waals surface area (Å²) < 4.78 is 0. The van der Waals surface area contributed by atoms with E-state index in [0.717, 1.165) is 36.2 Å². The number of nitrogens with zero attached hydrogens (tertiary/aromatic N) is 1. The minimum Gasteiger partial charge on any atom is -0.396 e. The van der Waals surface area contributed by atoms with Crippen LogP contribution in [0.25, 0.3) is 0 Å². The molecule has 0 aromatic heterocycles. The van der Waals surface area contributed by atoms with Crippen molar-refractivity contribution in [3.63, 3.8) is 0 Å². The number of aliphatic hydroxyl groups excluding tert-OH is 1. The second-order valence-corrected chi connectivity index (χ2v) is 3.50. The van der Waals surface area contributed by atoms with Gasteiger partial charge in [0.2, 0.25) is 0 Å². The van der Waals surface area contributed by atoms with Gasteiger partial charge in [0.1, 0.15) is 0 Å². The summed E-state index contributed by atoms with van der Waals surface area (Å²) in [5, 5.41) is 20.6. The van der Waals surface area contributed by atoms with Crippen molar-refractivity contribution < 1.29 is 5.11 Å². The van der Waals surface area contributed by atoms with Gasteiger partial charge < -0.3 is 10.4 Å². The molecule has 0 heterocycles. The first-order chi connectivity index (χ1) is 7.27. The quantitative estimate of drug-likeness (QED) is 0.722. The van der Waals surface area contributed by atoms with Crippen molar-refractivity contribution in [1.82, 2.24) is 0 Å². The molecule has 0 fully saturated rings. The van der Waals surface area contributed by atoms with E-state index in [0.29, 0.717) is 0 Å². The fourth-order valence-corrected chi connectivity index (χ4v) is 1.37. The number of aliphatic hydroxyl groups is 1. The Morgan fingerprint density at radius 2 is 2.20 bits per heavy atom. The van der Waals surface area contributed by atoms with Gasteiger partial charge in [-0.05, 0) is 43.5 Å². The molecule has 0 spiro atoms. The Bertz CT molecular complexity index is 355. The molecule has 0 aliphatic heterocycles. The van der Waals surface area contributed by atoms with Crippen molar-refractivity contribution in [2.45, 2.75) is 19.8 Å². The van der Waals surface area contributed by atoms with Gasteiger partial charge >= 0.3 is 0 Å². The highest BCUT2D eigenvalue weighted by Crippen LogP contribution is 2.14. The van der Waals surface area contributed by atoms with Gasteiger partial charge in [-0.3, -0.25) is 0 Å². The smallest absolute Gasteiger partial charge is 0.0994 e. The van der Waals surface area contributed by atoms with Crippen LogP contribution in [0.4, 0.5) is 5.69 Å². The zero-order valence-electron chi connectivity index (χ0n) is 8.95. The summed E-state index contributed by atoms with van der Waals surface area (Å²) in [7, 11) is 0. The molecule has 0 aliphatic carbocycles. The zero-order valence-corrected chi connectivity index (χ0v) is 8.95. The molecule has 3 nitrogen and oxygen atoms in total. The van der Waals surface area contributed by atoms with Crippen LogP contribution in [0.2, 0.25) is 0 Å². The van der Waals surface area contributed by atoms with Crippen LogP contribution < -0.4 is 5.32 Å². The first kappa shape index (κ1) is 11.5. The Morgan fingerprint density at radius 3 is 2.80 bits per heavy atom. The molecule has 80 valence electrons. The van der Waals surface area contributed by atoms with E-state index in [1.807, 2.05) is 25.1 Å². The lowest BCUT2D eigenvalue weighted by atomic mass is 10.1. The minimum atomic E-state index is 0.244. The highest BCUT2D eigenvalue weighted by molar-refractivity contribution is 5.51. The van der Waals surface area contributed by atoms with E-state index in [9.17, 15) is 0 Å². The first-order valence-electron chi connectivity index (χ1n) is 5.13. The van der Waals surface area contributed by atoms with Crippen molar-refractivity contribution in [3.8, 4) is 6.07 Å². The number of benzene rings is 1. The lowest BCUT2D eigenvalue weighted by Crippen LogP contribution is -2.02. The van der Waals surface area contributed by atoms with Crippen molar-refractivity contribution >= 4 is 5.69 Å². The number of hydrogen-bond donors (Lipinski definition) is 2. The van der Waals surface area contributed by atoms with Crippen LogP contribution in [-0.4, -0.2) is 18.3 Å². The van der Waals surface area contributed by atoms with E-state index in [1.54, 1.807) is 0 Å². The van der Waals surface area contributed by atoms with Gasteiger partial charge in [0.25, 0.3) is 0 Å². The van der Waals surface area contributed by atoms with E-state index in [2.05, 4.69) is 11.4 Å². The van der Waals surface area contributed by atoms with Crippen LogP contribution >= 0.6 is 0 Å². The molecule has 0 atom stereocenters. The molecule has 0 saturated carbocycles. The van der Waals surface area contributed by atoms with E-state index < -0.39 is 0 Å². The van der Waals surface area contributed by atoms with E-state index in [-0.39, 0.29) is 6.61 Å². The number of rotatable bonds is 5. The minimum absolute atomic E-state index is 0.244. The van der Waals surface area contributed by atoms with Crippen LogP contribution in [0.1, 0.15) is 24.0 Å². The maximum absolute atomic E-state index is 8.76. The molecule has 0 aliphatic rings. The molecule has 0 radical (unpaired) electrons. The van der Waals surface area contributed by atoms with Crippen molar-refractivity contribution in [2.24, 2.45) is 0 Å². The lowest BCUT2D eigenvalue weighted by molar-refractivity contribution is 0.286. The molecule has 0 saturated heterocycles. The van der Waals surface area contributed by atoms with Gasteiger partial charge in [-0.15, -0.1) is 0 Å². The molecule has 0 unspecified atom stereocenters. The molecule has 2 N–H and O–H groups in total. The van der Waals surface area contributed by atoms with Gasteiger partial charge in [-0.1, -0.05) is 0 Å². The predicted octanol–water partition coefficient (Wildman–Crippen LogP) is 2.05. The SMILES string of the molecule is Cc1cc(NCCCCO)ccc1C#N. The summed E-state index contributed by atoms with van der Waals surface area (Å²) in [6.45, 7) is 3.03. The number of anilines is 1. The Labute approximate surface area is 90.4 Å². The average molecular weight is 204 g/mol. The first-order valence-corrected chi connectivity index (χ1v) is 5.13. The third-order valence-corrected chi connectivity index (χ3v) is 2.26. The molecule has 1 aromatic rings. The topological polar surface area (TPSA) is 56.0 Å². The number of unbranched alkanes of at least 4 members (excludes halogenated alkanes) is 1. The third-order valence-electron chi connectivity index (χ3n) is 2.26. The standard InChI is InChI=1S/C12H16N2O/c1-10-8-12(5-4-11(10)9-13)14-6-2-3-7-15/h4-5,8,14-15H,2-3,6-7H2,1H3. The number of nitriles is 1. The molecule has 1 rings (SSSR count). The van der Waals surface area contributed by atoms with Crippen LogP contribution in [0.3, 0.4) is 0 Å². The predicted molar refractivity (Wildman–Crippen MR) is 60.7 cm³/mol. The second-order valence-electron chi connectivity index (χ2n) is 3.50. The van der Waals surface area contributed by atoms with Gasteiger partial charge in [-0.25, -0.2) is 0 Å². The fraction of sp³-hybridized carbons (Fsp3) is 0.417. The van der Waals surface area contributed by atoms with Crippen LogP contribution in [-0.2, 0) is 0 Å². The summed E-state index contributed by atoms with van der Waals surface area (Å²) in [6, 6.07) is 7.84. The van der Waals surface area contributed by atoms with E-state index in [1.165, 1.54) is 0 Å². The van der Waals surface area contributed by atoms with Gasteiger partial charge in [0, 0.05) is 18.8 Å². The second kappa shape index (κ2) is 6.05. The summed E-state index contributed by atoms with van der Waals surface area (Å²) in [4.78, 5) is 0. The molecule has 0 amide bonds. The average Bonchev–Trinajstić information content (AvgIpc) is 2.25. The zero-order chi connectivity index (χ0) is 11.1. The molecular formula is C12H16N2O. The van der Waals surface area contributed by atoms with Crippen LogP contribution in [0, 0.1) is 18.3 Å². The number of nitrogens with one attached hydrogen (secondary N) is 1. The Morgan fingerprint density at radius 1 is 1.40 bits per heavy atom. The summed E-state index contributed by atoms with van der Waals surface area (Å²) in [5.74, 6) is 0. The highest BCUT2D eigenvalue weighted by Gasteiger charge is 1.98. The molecular weight excluding hydrogens is 188 g/mol. The van der Waals surface area contributed by atoms with Gasteiger partial charge in [-0.2, -0.15) is 5.26 Å². The van der Waals surface area contributed by atoms with Crippen LogP contribution in [0.5, 0.6) is 0 Å². The maximum Gasteiger partial charge on any atom is 0.0994 e. The molecule has 0 bridgehead atoms. The largest absolute Gasteiger partial charge is 0.396 e. The Kier molecular flexibility index (Phi) is 4.65. The molecule has 15 heavy (non-hydrogen) atoms. The van der Waals surface area contributed by atoms with Crippen molar-refractivity contribution in [2.75, 3.05) is 18.5 Å². The highest BCUT2D eigenvalue weighted by atomic mass is 16.2. The maximum atomic E-state index is 8.76. The monoisotopic (exact) mass is 204 g/mol. The Balaban J connectivity index is 2.49. The molecule has 1 aromatic carbocycles. The normalized spacial score (nSPS) is 9.67. The summed E-state index contributed by atoms with van der Waals surface area (Å²) in [6.07, 6.45) is 1.78. The van der Waals surface area contributed by atoms with E-state index in [4.69, 9.17) is 10.4 Å². The number of hydrogen-bond acceptors (Lipinski definition) is 3. The fourth-order valence-electron chi connectivity index (χ4n) is 1.37. The Hall–Kier alpha value is -1.53. The summed E-state index contributed by atoms with van der Waals surface area (Å²) >= 11 is 0. The summed E-state index contributed by atoms with van der Waals surface area (Å²) in [5.41, 5.74) is 2.74. The van der Waals surface area contributed by atoms with Gasteiger partial charge in [0.05, 0.1) is 11.6 Å². The lowest BCUT2D eigenvalue weighted by Gasteiger charge is -2.07. The van der Waals surface area contributed by atoms with Gasteiger partial charge in [0.15, 0.2) is 0 Å². The van der Waals surface area contributed by atoms with Crippen molar-refractivity contribution in [3.05, 3.63) is 29.3 Å². The molecule has 3 heteroatoms. The van der Waals surface area contributed by atoms with Crippen molar-refractivity contribution in [1.29, 1.82) is 5.26 Å². The number of aryl methyl sites for hydroxylation is 1.